The highest BCUT2D eigenvalue weighted by Crippen LogP contribution is 2.32. The highest BCUT2D eigenvalue weighted by Gasteiger charge is 2.14. The summed E-state index contributed by atoms with van der Waals surface area (Å²) in [6.45, 7) is 1.02. The number of halogens is 2. The Morgan fingerprint density at radius 2 is 2.17 bits per heavy atom. The number of aromatic nitrogens is 1. The third-order valence-corrected chi connectivity index (χ3v) is 5.88. The van der Waals surface area contributed by atoms with E-state index < -0.39 is 0 Å². The predicted octanol–water partition coefficient (Wildman–Crippen LogP) is 4.46. The Balaban J connectivity index is 2.19. The number of rotatable bonds is 4. The Morgan fingerprint density at radius 3 is 2.87 bits per heavy atom. The summed E-state index contributed by atoms with van der Waals surface area (Å²) < 4.78 is 7.95. The fourth-order valence-electron chi connectivity index (χ4n) is 2.12. The number of amides is 1. The molecule has 2 heterocycles. The minimum atomic E-state index is -0.264. The topological polar surface area (TPSA) is 43.6 Å². The van der Waals surface area contributed by atoms with E-state index >= 15 is 0 Å². The van der Waals surface area contributed by atoms with Gasteiger partial charge in [-0.1, -0.05) is 40.6 Å². The number of fused-ring (bicyclic) bond motifs is 1. The molecule has 2 aromatic heterocycles. The Bertz CT molecular complexity index is 914. The summed E-state index contributed by atoms with van der Waals surface area (Å²) in [5, 5.41) is 2.78. The predicted molar refractivity (Wildman–Crippen MR) is 95.9 cm³/mol. The number of carbonyl (C=O) groups is 1. The first kappa shape index (κ1) is 16.7. The van der Waals surface area contributed by atoms with Crippen molar-refractivity contribution in [3.05, 3.63) is 49.4 Å². The van der Waals surface area contributed by atoms with Gasteiger partial charge >= 0.3 is 0 Å². The number of carbonyl (C=O) groups excluding carboxylic acids is 1. The number of nitrogens with zero attached hydrogens (tertiary/aromatic N) is 2. The second kappa shape index (κ2) is 7.15. The number of hydrogen-bond acceptors (Lipinski definition) is 4. The third-order valence-electron chi connectivity index (χ3n) is 3.18. The molecule has 1 amide bonds. The van der Waals surface area contributed by atoms with Crippen molar-refractivity contribution in [1.29, 1.82) is 0 Å². The highest BCUT2D eigenvalue weighted by molar-refractivity contribution is 7.16. The second-order valence-corrected chi connectivity index (χ2v) is 7.37. The van der Waals surface area contributed by atoms with E-state index in [9.17, 15) is 4.79 Å². The lowest BCUT2D eigenvalue weighted by Gasteiger charge is -2.06. The summed E-state index contributed by atoms with van der Waals surface area (Å²) >= 11 is 15.2. The smallest absolute Gasteiger partial charge is 0.289 e. The Labute approximate surface area is 150 Å². The number of thiophene rings is 1. The number of hydrogen-bond donors (Lipinski definition) is 0. The maximum absolute atomic E-state index is 12.3. The monoisotopic (exact) mass is 386 g/mol. The molecule has 0 spiro atoms. The number of ether oxygens (including phenoxy) is 1. The molecule has 0 fully saturated rings. The van der Waals surface area contributed by atoms with Crippen molar-refractivity contribution >= 4 is 62.0 Å². The lowest BCUT2D eigenvalue weighted by molar-refractivity contribution is 0.100. The molecule has 0 bridgehead atoms. The van der Waals surface area contributed by atoms with Gasteiger partial charge in [0.25, 0.3) is 5.91 Å². The molecule has 120 valence electrons. The van der Waals surface area contributed by atoms with Crippen LogP contribution in [0.3, 0.4) is 0 Å². The number of benzene rings is 1. The average Bonchev–Trinajstić information content (AvgIpc) is 3.17. The molecule has 0 aliphatic heterocycles. The zero-order valence-corrected chi connectivity index (χ0v) is 15.2. The minimum Gasteiger partial charge on any atom is -0.383 e. The van der Waals surface area contributed by atoms with Gasteiger partial charge in [0.15, 0.2) is 4.80 Å². The summed E-state index contributed by atoms with van der Waals surface area (Å²) in [4.78, 5) is 17.7. The molecule has 0 aliphatic rings. The zero-order valence-electron chi connectivity index (χ0n) is 12.1. The van der Waals surface area contributed by atoms with Crippen LogP contribution in [0.4, 0.5) is 0 Å². The summed E-state index contributed by atoms with van der Waals surface area (Å²) in [5.41, 5.74) is 0.777. The van der Waals surface area contributed by atoms with E-state index in [2.05, 4.69) is 4.99 Å². The van der Waals surface area contributed by atoms with Gasteiger partial charge in [0.05, 0.1) is 31.7 Å². The van der Waals surface area contributed by atoms with Crippen LogP contribution in [0.5, 0.6) is 0 Å². The Hall–Kier alpha value is -1.18. The molecule has 0 saturated heterocycles. The first-order valence-electron chi connectivity index (χ1n) is 6.70. The molecular weight excluding hydrogens is 375 g/mol. The van der Waals surface area contributed by atoms with E-state index in [1.165, 1.54) is 22.7 Å². The van der Waals surface area contributed by atoms with Gasteiger partial charge in [-0.3, -0.25) is 4.79 Å². The maximum atomic E-state index is 12.3. The SMILES string of the molecule is COCCn1c(=NC(=O)c2cccs2)sc2ccc(Cl)c(Cl)c21. The molecule has 0 aliphatic carbocycles. The summed E-state index contributed by atoms with van der Waals surface area (Å²) in [5.74, 6) is -0.264. The van der Waals surface area contributed by atoms with E-state index in [1.54, 1.807) is 19.2 Å². The molecule has 3 aromatic rings. The van der Waals surface area contributed by atoms with Gasteiger partial charge in [-0.2, -0.15) is 4.99 Å². The van der Waals surface area contributed by atoms with Crippen LogP contribution < -0.4 is 4.80 Å². The summed E-state index contributed by atoms with van der Waals surface area (Å²) in [6.07, 6.45) is 0. The molecule has 0 radical (unpaired) electrons. The largest absolute Gasteiger partial charge is 0.383 e. The van der Waals surface area contributed by atoms with Gasteiger partial charge < -0.3 is 9.30 Å². The van der Waals surface area contributed by atoms with E-state index in [1.807, 2.05) is 22.1 Å². The lowest BCUT2D eigenvalue weighted by atomic mass is 10.3. The number of methoxy groups -OCH3 is 1. The quantitative estimate of drug-likeness (QED) is 0.664. The summed E-state index contributed by atoms with van der Waals surface area (Å²) in [7, 11) is 1.62. The lowest BCUT2D eigenvalue weighted by Crippen LogP contribution is -2.19. The Morgan fingerprint density at radius 1 is 1.35 bits per heavy atom. The normalized spacial score (nSPS) is 12.2. The van der Waals surface area contributed by atoms with Crippen molar-refractivity contribution in [3.8, 4) is 0 Å². The van der Waals surface area contributed by atoms with Gasteiger partial charge in [0.1, 0.15) is 0 Å². The standard InChI is InChI=1S/C15H12Cl2N2O2S2/c1-21-7-6-19-13-10(5-4-9(16)12(13)17)23-15(19)18-14(20)11-3-2-8-22-11/h2-5,8H,6-7H2,1H3. The van der Waals surface area contributed by atoms with Crippen LogP contribution in [0, 0.1) is 0 Å². The fraction of sp³-hybridized carbons (Fsp3) is 0.200. The van der Waals surface area contributed by atoms with Crippen LogP contribution in [0.15, 0.2) is 34.6 Å². The molecule has 3 rings (SSSR count). The molecule has 0 atom stereocenters. The average molecular weight is 387 g/mol. The van der Waals surface area contributed by atoms with E-state index in [4.69, 9.17) is 27.9 Å². The van der Waals surface area contributed by atoms with Crippen molar-refractivity contribution in [2.24, 2.45) is 4.99 Å². The summed E-state index contributed by atoms with van der Waals surface area (Å²) in [6, 6.07) is 7.21. The first-order valence-corrected chi connectivity index (χ1v) is 9.16. The van der Waals surface area contributed by atoms with Crippen molar-refractivity contribution in [2.45, 2.75) is 6.54 Å². The van der Waals surface area contributed by atoms with Crippen molar-refractivity contribution < 1.29 is 9.53 Å². The second-order valence-electron chi connectivity index (χ2n) is 4.63. The third kappa shape index (κ3) is 3.36. The zero-order chi connectivity index (χ0) is 16.4. The molecule has 0 saturated carbocycles. The number of thiazole rings is 1. The molecule has 1 aromatic carbocycles. The molecule has 0 N–H and O–H groups in total. The van der Waals surface area contributed by atoms with E-state index in [0.29, 0.717) is 32.9 Å². The maximum Gasteiger partial charge on any atom is 0.289 e. The van der Waals surface area contributed by atoms with Crippen molar-refractivity contribution in [1.82, 2.24) is 4.57 Å². The van der Waals surface area contributed by atoms with E-state index in [-0.39, 0.29) is 5.91 Å². The van der Waals surface area contributed by atoms with Crippen molar-refractivity contribution in [2.75, 3.05) is 13.7 Å². The molecule has 8 heteroatoms. The van der Waals surface area contributed by atoms with Gasteiger partial charge in [0.2, 0.25) is 0 Å². The first-order chi connectivity index (χ1) is 11.1. The van der Waals surface area contributed by atoms with Gasteiger partial charge in [-0.25, -0.2) is 0 Å². The van der Waals surface area contributed by atoms with Crippen LogP contribution in [-0.2, 0) is 11.3 Å². The Kier molecular flexibility index (Phi) is 5.18. The van der Waals surface area contributed by atoms with Crippen LogP contribution in [0.2, 0.25) is 10.0 Å². The van der Waals surface area contributed by atoms with Crippen LogP contribution in [-0.4, -0.2) is 24.2 Å². The van der Waals surface area contributed by atoms with Gasteiger partial charge in [0, 0.05) is 13.7 Å². The molecule has 4 nitrogen and oxygen atoms in total. The molecule has 23 heavy (non-hydrogen) atoms. The van der Waals surface area contributed by atoms with Gasteiger partial charge in [-0.05, 0) is 23.6 Å². The van der Waals surface area contributed by atoms with Crippen LogP contribution in [0.25, 0.3) is 10.2 Å². The molecular formula is C15H12Cl2N2O2S2. The van der Waals surface area contributed by atoms with Crippen molar-refractivity contribution in [3.63, 3.8) is 0 Å². The van der Waals surface area contributed by atoms with Gasteiger partial charge in [-0.15, -0.1) is 11.3 Å². The highest BCUT2D eigenvalue weighted by atomic mass is 35.5. The van der Waals surface area contributed by atoms with E-state index in [0.717, 1.165) is 10.2 Å². The van der Waals surface area contributed by atoms with Crippen LogP contribution in [0.1, 0.15) is 9.67 Å². The minimum absolute atomic E-state index is 0.264. The van der Waals surface area contributed by atoms with Crippen LogP contribution >= 0.6 is 45.9 Å². The fourth-order valence-corrected chi connectivity index (χ4v) is 4.27. The molecule has 0 unspecified atom stereocenters.